The molecule has 2 fully saturated rings. The molecule has 9 nitrogen and oxygen atoms in total. The summed E-state index contributed by atoms with van der Waals surface area (Å²) in [6.45, 7) is 10.2. The molecular formula is C35H45N5O4. The summed E-state index contributed by atoms with van der Waals surface area (Å²) in [5.74, 6) is 2.24. The Labute approximate surface area is 260 Å². The van der Waals surface area contributed by atoms with E-state index in [2.05, 4.69) is 34.3 Å². The van der Waals surface area contributed by atoms with E-state index < -0.39 is 0 Å². The highest BCUT2D eigenvalue weighted by Gasteiger charge is 2.42. The van der Waals surface area contributed by atoms with Gasteiger partial charge in [0.15, 0.2) is 0 Å². The SMILES string of the molecule is CCN(CC)CCOc1ccc(CNC(=O)c2ccc(N3C4CCC3CC(NC(=O)c3cccc(OC)c3C)C4)nc2)cc1. The van der Waals surface area contributed by atoms with E-state index in [-0.39, 0.29) is 17.9 Å². The van der Waals surface area contributed by atoms with Gasteiger partial charge in [0, 0.05) is 48.5 Å². The summed E-state index contributed by atoms with van der Waals surface area (Å²) >= 11 is 0. The number of carbonyl (C=O) groups excluding carboxylic acids is 2. The number of piperidine rings is 1. The first-order chi connectivity index (χ1) is 21.4. The van der Waals surface area contributed by atoms with Gasteiger partial charge < -0.3 is 29.9 Å². The highest BCUT2D eigenvalue weighted by atomic mass is 16.5. The van der Waals surface area contributed by atoms with Crippen LogP contribution in [0.2, 0.25) is 0 Å². The molecule has 9 heteroatoms. The van der Waals surface area contributed by atoms with E-state index in [1.54, 1.807) is 13.3 Å². The van der Waals surface area contributed by atoms with Gasteiger partial charge in [0.05, 0.1) is 12.7 Å². The first-order valence-electron chi connectivity index (χ1n) is 15.8. The van der Waals surface area contributed by atoms with Gasteiger partial charge in [-0.05, 0) is 87.7 Å². The second-order valence-corrected chi connectivity index (χ2v) is 11.7. The summed E-state index contributed by atoms with van der Waals surface area (Å²) < 4.78 is 11.3. The molecule has 2 amide bonds. The number of benzene rings is 2. The van der Waals surface area contributed by atoms with Gasteiger partial charge in [0.1, 0.15) is 23.9 Å². The molecule has 0 spiro atoms. The number of rotatable bonds is 13. The molecule has 0 radical (unpaired) electrons. The molecule has 2 unspecified atom stereocenters. The number of hydrogen-bond acceptors (Lipinski definition) is 7. The van der Waals surface area contributed by atoms with Gasteiger partial charge in [0.25, 0.3) is 11.8 Å². The van der Waals surface area contributed by atoms with Gasteiger partial charge in [-0.2, -0.15) is 0 Å². The van der Waals surface area contributed by atoms with E-state index in [1.807, 2.05) is 61.5 Å². The fourth-order valence-corrected chi connectivity index (χ4v) is 6.51. The quantitative estimate of drug-likeness (QED) is 0.286. The Balaban J connectivity index is 1.11. The number of likely N-dealkylation sites (N-methyl/N-ethyl adjacent to an activating group) is 1. The molecule has 2 bridgehead atoms. The number of fused-ring (bicyclic) bond motifs is 2. The van der Waals surface area contributed by atoms with Gasteiger partial charge in [0.2, 0.25) is 0 Å². The predicted molar refractivity (Wildman–Crippen MR) is 173 cm³/mol. The third-order valence-electron chi connectivity index (χ3n) is 9.04. The maximum Gasteiger partial charge on any atom is 0.253 e. The summed E-state index contributed by atoms with van der Waals surface area (Å²) in [6, 6.07) is 17.9. The van der Waals surface area contributed by atoms with Crippen molar-refractivity contribution < 1.29 is 19.1 Å². The van der Waals surface area contributed by atoms with Crippen LogP contribution in [-0.2, 0) is 6.54 Å². The molecular weight excluding hydrogens is 554 g/mol. The molecule has 2 N–H and O–H groups in total. The Kier molecular flexibility index (Phi) is 10.4. The molecule has 0 saturated carbocycles. The minimum Gasteiger partial charge on any atom is -0.496 e. The van der Waals surface area contributed by atoms with Crippen molar-refractivity contribution in [1.29, 1.82) is 0 Å². The topological polar surface area (TPSA) is 96.0 Å². The lowest BCUT2D eigenvalue weighted by Crippen LogP contribution is -2.50. The average molecular weight is 600 g/mol. The first kappa shape index (κ1) is 31.3. The monoisotopic (exact) mass is 599 g/mol. The molecule has 44 heavy (non-hydrogen) atoms. The summed E-state index contributed by atoms with van der Waals surface area (Å²) in [5, 5.41) is 6.27. The van der Waals surface area contributed by atoms with Gasteiger partial charge in [-0.1, -0.05) is 32.0 Å². The number of aromatic nitrogens is 1. The van der Waals surface area contributed by atoms with Gasteiger partial charge in [-0.15, -0.1) is 0 Å². The summed E-state index contributed by atoms with van der Waals surface area (Å²) in [5.41, 5.74) is 3.05. The van der Waals surface area contributed by atoms with Crippen LogP contribution in [0.4, 0.5) is 5.82 Å². The van der Waals surface area contributed by atoms with Crippen LogP contribution in [0.15, 0.2) is 60.8 Å². The highest BCUT2D eigenvalue weighted by Crippen LogP contribution is 2.38. The van der Waals surface area contributed by atoms with Gasteiger partial charge >= 0.3 is 0 Å². The molecule has 0 aliphatic carbocycles. The molecule has 3 heterocycles. The van der Waals surface area contributed by atoms with E-state index in [4.69, 9.17) is 14.5 Å². The molecule has 1 aromatic heterocycles. The van der Waals surface area contributed by atoms with Crippen LogP contribution < -0.4 is 25.0 Å². The van der Waals surface area contributed by atoms with Crippen molar-refractivity contribution in [2.45, 2.75) is 71.1 Å². The molecule has 234 valence electrons. The van der Waals surface area contributed by atoms with Crippen molar-refractivity contribution in [3.63, 3.8) is 0 Å². The van der Waals surface area contributed by atoms with Crippen LogP contribution in [0.25, 0.3) is 0 Å². The van der Waals surface area contributed by atoms with Crippen molar-refractivity contribution in [3.05, 3.63) is 83.0 Å². The second kappa shape index (κ2) is 14.6. The first-order valence-corrected chi connectivity index (χ1v) is 15.8. The van der Waals surface area contributed by atoms with Crippen LogP contribution in [0, 0.1) is 6.92 Å². The van der Waals surface area contributed by atoms with E-state index in [1.165, 1.54) is 0 Å². The largest absolute Gasteiger partial charge is 0.496 e. The third kappa shape index (κ3) is 7.33. The van der Waals surface area contributed by atoms with Crippen LogP contribution in [0.1, 0.15) is 71.4 Å². The van der Waals surface area contributed by atoms with Gasteiger partial charge in [-0.3, -0.25) is 9.59 Å². The molecule has 2 aromatic carbocycles. The second-order valence-electron chi connectivity index (χ2n) is 11.7. The number of anilines is 1. The molecule has 2 atom stereocenters. The van der Waals surface area contributed by atoms with Crippen LogP contribution >= 0.6 is 0 Å². The third-order valence-corrected chi connectivity index (χ3v) is 9.04. The molecule has 2 aliphatic heterocycles. The van der Waals surface area contributed by atoms with E-state index in [0.717, 1.165) is 73.8 Å². The highest BCUT2D eigenvalue weighted by molar-refractivity contribution is 5.96. The van der Waals surface area contributed by atoms with E-state index >= 15 is 0 Å². The van der Waals surface area contributed by atoms with Crippen molar-refractivity contribution in [1.82, 2.24) is 20.5 Å². The Bertz CT molecular complexity index is 1390. The smallest absolute Gasteiger partial charge is 0.253 e. The zero-order chi connectivity index (χ0) is 31.1. The van der Waals surface area contributed by atoms with Crippen molar-refractivity contribution in [2.24, 2.45) is 0 Å². The zero-order valence-electron chi connectivity index (χ0n) is 26.3. The predicted octanol–water partition coefficient (Wildman–Crippen LogP) is 4.98. The average Bonchev–Trinajstić information content (AvgIpc) is 3.32. The number of amides is 2. The van der Waals surface area contributed by atoms with E-state index in [0.29, 0.717) is 36.4 Å². The lowest BCUT2D eigenvalue weighted by Gasteiger charge is -2.40. The zero-order valence-corrected chi connectivity index (χ0v) is 26.3. The van der Waals surface area contributed by atoms with Crippen LogP contribution in [-0.4, -0.2) is 73.2 Å². The van der Waals surface area contributed by atoms with Crippen LogP contribution in [0.5, 0.6) is 11.5 Å². The normalized spacial score (nSPS) is 19.1. The summed E-state index contributed by atoms with van der Waals surface area (Å²) in [4.78, 5) is 35.3. The van der Waals surface area contributed by atoms with Crippen molar-refractivity contribution in [2.75, 3.05) is 38.3 Å². The van der Waals surface area contributed by atoms with Crippen molar-refractivity contribution in [3.8, 4) is 11.5 Å². The Morgan fingerprint density at radius 1 is 0.977 bits per heavy atom. The summed E-state index contributed by atoms with van der Waals surface area (Å²) in [6.07, 6.45) is 5.54. The number of methoxy groups -OCH3 is 1. The number of nitrogens with one attached hydrogen (secondary N) is 2. The minimum absolute atomic E-state index is 0.0529. The standard InChI is InChI=1S/C35H45N5O4/c1-5-39(6-2)18-19-44-30-15-10-25(11-16-30)22-37-34(41)26-12-17-33(36-23-26)40-28-13-14-29(40)21-27(20-28)38-35(42)31-8-7-9-32(43-4)24(31)3/h7-12,15-17,23,27-29H,5-6,13-14,18-22H2,1-4H3,(H,37,41)(H,38,42). The minimum atomic E-state index is -0.152. The number of nitrogens with zero attached hydrogens (tertiary/aromatic N) is 3. The number of hydrogen-bond donors (Lipinski definition) is 2. The maximum atomic E-state index is 13.1. The molecule has 3 aromatic rings. The Morgan fingerprint density at radius 2 is 1.70 bits per heavy atom. The Morgan fingerprint density at radius 3 is 2.34 bits per heavy atom. The lowest BCUT2D eigenvalue weighted by molar-refractivity contribution is 0.0923. The molecule has 5 rings (SSSR count). The Hall–Kier alpha value is -4.11. The summed E-state index contributed by atoms with van der Waals surface area (Å²) in [7, 11) is 1.62. The molecule has 2 saturated heterocycles. The van der Waals surface area contributed by atoms with Crippen LogP contribution in [0.3, 0.4) is 0 Å². The number of ether oxygens (including phenoxy) is 2. The number of pyridine rings is 1. The fraction of sp³-hybridized carbons (Fsp3) is 0.457. The fourth-order valence-electron chi connectivity index (χ4n) is 6.51. The van der Waals surface area contributed by atoms with E-state index in [9.17, 15) is 9.59 Å². The number of carbonyl (C=O) groups is 2. The lowest BCUT2D eigenvalue weighted by atomic mass is 9.96. The molecule has 2 aliphatic rings. The van der Waals surface area contributed by atoms with Crippen molar-refractivity contribution >= 4 is 17.6 Å². The van der Waals surface area contributed by atoms with Gasteiger partial charge in [-0.25, -0.2) is 4.98 Å². The maximum absolute atomic E-state index is 13.1.